The molecule has 0 aliphatic heterocycles. The number of nitrogens with one attached hydrogen (secondary N) is 1. The molecular formula is C20H23NO4S. The third-order valence-electron chi connectivity index (χ3n) is 4.56. The van der Waals surface area contributed by atoms with Crippen molar-refractivity contribution < 1.29 is 19.4 Å². The number of hydrogen-bond acceptors (Lipinski definition) is 4. The largest absolute Gasteiger partial charge is 0.494 e. The molecule has 1 aromatic carbocycles. The molecule has 1 fully saturated rings. The smallest absolute Gasteiger partial charge is 0.303 e. The minimum atomic E-state index is -0.813. The number of benzene rings is 1. The molecule has 1 aliphatic rings. The Kier molecular flexibility index (Phi) is 5.93. The molecule has 1 aromatic heterocycles. The third kappa shape index (κ3) is 4.85. The Morgan fingerprint density at radius 1 is 1.27 bits per heavy atom. The highest BCUT2D eigenvalue weighted by atomic mass is 32.1. The van der Waals surface area contributed by atoms with Gasteiger partial charge in [-0.1, -0.05) is 12.1 Å². The second-order valence-electron chi connectivity index (χ2n) is 6.62. The number of aryl methyl sites for hydroxylation is 1. The first-order valence-electron chi connectivity index (χ1n) is 8.80. The van der Waals surface area contributed by atoms with Crippen molar-refractivity contribution in [3.63, 3.8) is 0 Å². The fourth-order valence-electron chi connectivity index (χ4n) is 2.98. The van der Waals surface area contributed by atoms with Gasteiger partial charge in [-0.3, -0.25) is 9.59 Å². The number of thiophene rings is 1. The first-order chi connectivity index (χ1) is 12.5. The van der Waals surface area contributed by atoms with E-state index >= 15 is 0 Å². The van der Waals surface area contributed by atoms with Gasteiger partial charge in [-0.2, -0.15) is 0 Å². The minimum absolute atomic E-state index is 0.101. The first kappa shape index (κ1) is 18.5. The summed E-state index contributed by atoms with van der Waals surface area (Å²) in [5.74, 6) is 0.505. The Morgan fingerprint density at radius 3 is 2.69 bits per heavy atom. The fraction of sp³-hybridized carbons (Fsp3) is 0.400. The summed E-state index contributed by atoms with van der Waals surface area (Å²) in [6.45, 7) is 2.99. The van der Waals surface area contributed by atoms with Crippen LogP contribution in [0.15, 0.2) is 35.7 Å². The van der Waals surface area contributed by atoms with Gasteiger partial charge in [0.15, 0.2) is 0 Å². The standard InChI is InChI=1S/C20H23NO4S/c1-13-8-10-26-19(13)16-11-17(16)20(24)21-12-14-4-6-15(7-5-14)25-9-2-3-18(22)23/h4-8,10,16-17H,2-3,9,11-12H2,1H3,(H,21,24)(H,22,23). The Balaban J connectivity index is 1.40. The molecule has 1 aliphatic carbocycles. The van der Waals surface area contributed by atoms with Crippen LogP contribution in [0.1, 0.15) is 41.2 Å². The summed E-state index contributed by atoms with van der Waals surface area (Å²) in [6.07, 6.45) is 1.53. The van der Waals surface area contributed by atoms with Crippen LogP contribution in [-0.2, 0) is 16.1 Å². The molecule has 3 rings (SSSR count). The maximum atomic E-state index is 12.3. The highest BCUT2D eigenvalue weighted by Gasteiger charge is 2.45. The average Bonchev–Trinajstić information content (AvgIpc) is 3.31. The number of carbonyl (C=O) groups excluding carboxylic acids is 1. The SMILES string of the molecule is Cc1ccsc1C1CC1C(=O)NCc1ccc(OCCCC(=O)O)cc1. The maximum absolute atomic E-state index is 12.3. The Labute approximate surface area is 157 Å². The molecule has 138 valence electrons. The van der Waals surface area contributed by atoms with Crippen molar-refractivity contribution in [2.24, 2.45) is 5.92 Å². The third-order valence-corrected chi connectivity index (χ3v) is 5.71. The molecule has 2 unspecified atom stereocenters. The summed E-state index contributed by atoms with van der Waals surface area (Å²) in [7, 11) is 0. The number of rotatable bonds is 9. The zero-order valence-corrected chi connectivity index (χ0v) is 15.6. The normalized spacial score (nSPS) is 18.3. The predicted molar refractivity (Wildman–Crippen MR) is 101 cm³/mol. The summed E-state index contributed by atoms with van der Waals surface area (Å²) in [5, 5.41) is 13.7. The van der Waals surface area contributed by atoms with Crippen molar-refractivity contribution in [3.05, 3.63) is 51.7 Å². The Hall–Kier alpha value is -2.34. The molecule has 2 atom stereocenters. The van der Waals surface area contributed by atoms with Gasteiger partial charge in [-0.05, 0) is 54.5 Å². The number of amides is 1. The van der Waals surface area contributed by atoms with E-state index in [1.165, 1.54) is 10.4 Å². The van der Waals surface area contributed by atoms with E-state index in [9.17, 15) is 9.59 Å². The van der Waals surface area contributed by atoms with Gasteiger partial charge in [0, 0.05) is 29.7 Å². The lowest BCUT2D eigenvalue weighted by Gasteiger charge is -2.08. The topological polar surface area (TPSA) is 75.6 Å². The zero-order chi connectivity index (χ0) is 18.5. The summed E-state index contributed by atoms with van der Waals surface area (Å²) in [6, 6.07) is 9.63. The first-order valence-corrected chi connectivity index (χ1v) is 9.68. The van der Waals surface area contributed by atoms with Gasteiger partial charge in [0.2, 0.25) is 5.91 Å². The number of aliphatic carboxylic acids is 1. The van der Waals surface area contributed by atoms with Crippen molar-refractivity contribution in [3.8, 4) is 5.75 Å². The number of ether oxygens (including phenoxy) is 1. The number of carbonyl (C=O) groups is 2. The molecule has 26 heavy (non-hydrogen) atoms. The van der Waals surface area contributed by atoms with Crippen molar-refractivity contribution in [1.29, 1.82) is 0 Å². The van der Waals surface area contributed by atoms with Gasteiger partial charge < -0.3 is 15.2 Å². The van der Waals surface area contributed by atoms with Crippen molar-refractivity contribution >= 4 is 23.2 Å². The van der Waals surface area contributed by atoms with Crippen LogP contribution in [0, 0.1) is 12.8 Å². The average molecular weight is 373 g/mol. The van der Waals surface area contributed by atoms with Gasteiger partial charge in [0.1, 0.15) is 5.75 Å². The molecule has 1 saturated carbocycles. The molecule has 6 heteroatoms. The van der Waals surface area contributed by atoms with Crippen molar-refractivity contribution in [2.45, 2.75) is 38.6 Å². The van der Waals surface area contributed by atoms with E-state index in [1.54, 1.807) is 11.3 Å². The molecule has 5 nitrogen and oxygen atoms in total. The molecule has 0 radical (unpaired) electrons. The predicted octanol–water partition coefficient (Wildman–Crippen LogP) is 3.72. The van der Waals surface area contributed by atoms with E-state index in [4.69, 9.17) is 9.84 Å². The molecule has 0 spiro atoms. The van der Waals surface area contributed by atoms with Crippen LogP contribution in [0.2, 0.25) is 0 Å². The van der Waals surface area contributed by atoms with Crippen LogP contribution >= 0.6 is 11.3 Å². The molecule has 0 saturated heterocycles. The van der Waals surface area contributed by atoms with Crippen LogP contribution in [-0.4, -0.2) is 23.6 Å². The second-order valence-corrected chi connectivity index (χ2v) is 7.57. The monoisotopic (exact) mass is 373 g/mol. The van der Waals surface area contributed by atoms with Gasteiger partial charge in [-0.15, -0.1) is 11.3 Å². The molecule has 1 amide bonds. The van der Waals surface area contributed by atoms with E-state index in [2.05, 4.69) is 23.7 Å². The highest BCUT2D eigenvalue weighted by Crippen LogP contribution is 2.50. The van der Waals surface area contributed by atoms with Crippen LogP contribution < -0.4 is 10.1 Å². The molecule has 0 bridgehead atoms. The van der Waals surface area contributed by atoms with Gasteiger partial charge >= 0.3 is 5.97 Å². The van der Waals surface area contributed by atoms with E-state index in [-0.39, 0.29) is 18.2 Å². The van der Waals surface area contributed by atoms with Crippen LogP contribution in [0.3, 0.4) is 0 Å². The maximum Gasteiger partial charge on any atom is 0.303 e. The summed E-state index contributed by atoms with van der Waals surface area (Å²) >= 11 is 1.74. The van der Waals surface area contributed by atoms with Gasteiger partial charge in [-0.25, -0.2) is 0 Å². The molecule has 2 N–H and O–H groups in total. The van der Waals surface area contributed by atoms with Crippen molar-refractivity contribution in [1.82, 2.24) is 5.32 Å². The van der Waals surface area contributed by atoms with E-state index in [0.29, 0.717) is 31.2 Å². The summed E-state index contributed by atoms with van der Waals surface area (Å²) < 4.78 is 5.50. The lowest BCUT2D eigenvalue weighted by Crippen LogP contribution is -2.24. The van der Waals surface area contributed by atoms with Gasteiger partial charge in [0.25, 0.3) is 0 Å². The minimum Gasteiger partial charge on any atom is -0.494 e. The number of hydrogen-bond donors (Lipinski definition) is 2. The van der Waals surface area contributed by atoms with E-state index in [1.807, 2.05) is 24.3 Å². The number of carboxylic acids is 1. The van der Waals surface area contributed by atoms with Crippen LogP contribution in [0.4, 0.5) is 0 Å². The van der Waals surface area contributed by atoms with Crippen LogP contribution in [0.25, 0.3) is 0 Å². The summed E-state index contributed by atoms with van der Waals surface area (Å²) in [5.41, 5.74) is 2.30. The molecule has 2 aromatic rings. The lowest BCUT2D eigenvalue weighted by atomic mass is 10.2. The number of carboxylic acid groups (broad SMARTS) is 1. The second kappa shape index (κ2) is 8.36. The van der Waals surface area contributed by atoms with Crippen LogP contribution in [0.5, 0.6) is 5.75 Å². The summed E-state index contributed by atoms with van der Waals surface area (Å²) in [4.78, 5) is 24.1. The van der Waals surface area contributed by atoms with Gasteiger partial charge in [0.05, 0.1) is 6.61 Å². The van der Waals surface area contributed by atoms with E-state index < -0.39 is 5.97 Å². The fourth-order valence-corrected chi connectivity index (χ4v) is 4.08. The Morgan fingerprint density at radius 2 is 2.04 bits per heavy atom. The molecule has 1 heterocycles. The highest BCUT2D eigenvalue weighted by molar-refractivity contribution is 7.10. The van der Waals surface area contributed by atoms with E-state index in [0.717, 1.165) is 12.0 Å². The molecular weight excluding hydrogens is 350 g/mol. The van der Waals surface area contributed by atoms with Crippen molar-refractivity contribution in [2.75, 3.05) is 6.61 Å². The zero-order valence-electron chi connectivity index (χ0n) is 14.7. The quantitative estimate of drug-likeness (QED) is 0.657. The Bertz CT molecular complexity index is 768. The lowest BCUT2D eigenvalue weighted by molar-refractivity contribution is -0.137.